The summed E-state index contributed by atoms with van der Waals surface area (Å²) in [7, 11) is 0. The van der Waals surface area contributed by atoms with Gasteiger partial charge in [0.1, 0.15) is 0 Å². The number of ketones is 1. The van der Waals surface area contributed by atoms with Gasteiger partial charge >= 0.3 is 0 Å². The molecule has 0 spiro atoms. The molecule has 120 valence electrons. The fourth-order valence-corrected chi connectivity index (χ4v) is 3.89. The van der Waals surface area contributed by atoms with Gasteiger partial charge in [0.05, 0.1) is 6.54 Å². The standard InChI is InChI=1S/C18H20N2O2S/c1-13(21)14-6-8-15(9-7-14)19-18(22)12-20-10-2-4-16(20)17-5-3-11-23-17/h3,5-9,11,16H,2,4,10,12H2,1H3,(H,19,22)/t16-/m1/s1. The maximum atomic E-state index is 12.3. The third-order valence-electron chi connectivity index (χ3n) is 4.16. The van der Waals surface area contributed by atoms with Gasteiger partial charge in [-0.2, -0.15) is 0 Å². The van der Waals surface area contributed by atoms with E-state index in [-0.39, 0.29) is 11.7 Å². The Morgan fingerprint density at radius 1 is 1.26 bits per heavy atom. The van der Waals surface area contributed by atoms with Crippen LogP contribution in [0, 0.1) is 0 Å². The molecule has 4 nitrogen and oxygen atoms in total. The van der Waals surface area contributed by atoms with Crippen molar-refractivity contribution in [1.82, 2.24) is 4.90 Å². The number of thiophene rings is 1. The molecule has 1 aromatic carbocycles. The van der Waals surface area contributed by atoms with Crippen molar-refractivity contribution in [3.8, 4) is 0 Å². The Morgan fingerprint density at radius 3 is 2.70 bits per heavy atom. The van der Waals surface area contributed by atoms with Crippen molar-refractivity contribution in [1.29, 1.82) is 0 Å². The first-order chi connectivity index (χ1) is 11.1. The van der Waals surface area contributed by atoms with E-state index < -0.39 is 0 Å². The lowest BCUT2D eigenvalue weighted by atomic mass is 10.1. The molecule has 2 aromatic rings. The second-order valence-electron chi connectivity index (χ2n) is 5.83. The largest absolute Gasteiger partial charge is 0.325 e. The number of likely N-dealkylation sites (tertiary alicyclic amines) is 1. The van der Waals surface area contributed by atoms with E-state index in [1.54, 1.807) is 35.6 Å². The summed E-state index contributed by atoms with van der Waals surface area (Å²) in [5.41, 5.74) is 1.38. The van der Waals surface area contributed by atoms with E-state index in [0.717, 1.165) is 25.1 Å². The van der Waals surface area contributed by atoms with Gasteiger partial charge in [-0.3, -0.25) is 14.5 Å². The summed E-state index contributed by atoms with van der Waals surface area (Å²) in [6.45, 7) is 2.89. The van der Waals surface area contributed by atoms with Gasteiger partial charge in [-0.25, -0.2) is 0 Å². The zero-order valence-corrected chi connectivity index (χ0v) is 13.9. The number of carbonyl (C=O) groups excluding carboxylic acids is 2. The number of amides is 1. The number of nitrogens with zero attached hydrogens (tertiary/aromatic N) is 1. The molecule has 1 N–H and O–H groups in total. The van der Waals surface area contributed by atoms with E-state index in [2.05, 4.69) is 27.7 Å². The van der Waals surface area contributed by atoms with Crippen LogP contribution in [-0.4, -0.2) is 29.7 Å². The van der Waals surface area contributed by atoms with Crippen LogP contribution in [0.5, 0.6) is 0 Å². The average Bonchev–Trinajstić information content (AvgIpc) is 3.18. The molecule has 0 bridgehead atoms. The summed E-state index contributed by atoms with van der Waals surface area (Å²) < 4.78 is 0. The first-order valence-corrected chi connectivity index (χ1v) is 8.70. The molecule has 1 aliphatic rings. The lowest BCUT2D eigenvalue weighted by molar-refractivity contribution is -0.117. The molecule has 23 heavy (non-hydrogen) atoms. The zero-order valence-electron chi connectivity index (χ0n) is 13.1. The molecular weight excluding hydrogens is 308 g/mol. The van der Waals surface area contributed by atoms with Gasteiger partial charge in [0.2, 0.25) is 5.91 Å². The Hall–Kier alpha value is -1.98. The molecule has 1 atom stereocenters. The number of rotatable bonds is 5. The van der Waals surface area contributed by atoms with Crippen LogP contribution in [0.15, 0.2) is 41.8 Å². The third-order valence-corrected chi connectivity index (χ3v) is 5.13. The number of Topliss-reactive ketones (excluding diaryl/α,β-unsaturated/α-hetero) is 1. The van der Waals surface area contributed by atoms with Crippen LogP contribution in [0.1, 0.15) is 41.0 Å². The van der Waals surface area contributed by atoms with Gasteiger partial charge in [-0.15, -0.1) is 11.3 Å². The van der Waals surface area contributed by atoms with Crippen molar-refractivity contribution >= 4 is 28.7 Å². The smallest absolute Gasteiger partial charge is 0.238 e. The van der Waals surface area contributed by atoms with Gasteiger partial charge in [0.15, 0.2) is 5.78 Å². The molecule has 0 radical (unpaired) electrons. The minimum Gasteiger partial charge on any atom is -0.325 e. The fraction of sp³-hybridized carbons (Fsp3) is 0.333. The highest BCUT2D eigenvalue weighted by molar-refractivity contribution is 7.10. The second-order valence-corrected chi connectivity index (χ2v) is 6.80. The molecule has 1 saturated heterocycles. The minimum absolute atomic E-state index is 0.0102. The normalized spacial score (nSPS) is 18.0. The quantitative estimate of drug-likeness (QED) is 0.851. The molecule has 0 aliphatic carbocycles. The van der Waals surface area contributed by atoms with Gasteiger partial charge in [0.25, 0.3) is 0 Å². The summed E-state index contributed by atoms with van der Waals surface area (Å²) in [6, 6.07) is 11.6. The molecule has 0 saturated carbocycles. The molecule has 0 unspecified atom stereocenters. The van der Waals surface area contributed by atoms with Crippen molar-refractivity contribution in [2.75, 3.05) is 18.4 Å². The maximum absolute atomic E-state index is 12.3. The monoisotopic (exact) mass is 328 g/mol. The minimum atomic E-state index is -0.0102. The van der Waals surface area contributed by atoms with Crippen molar-refractivity contribution in [2.45, 2.75) is 25.8 Å². The van der Waals surface area contributed by atoms with Crippen LogP contribution in [-0.2, 0) is 4.79 Å². The molecular formula is C18H20N2O2S. The Labute approximate surface area is 140 Å². The number of hydrogen-bond donors (Lipinski definition) is 1. The molecule has 1 aromatic heterocycles. The summed E-state index contributed by atoms with van der Waals surface area (Å²) >= 11 is 1.75. The van der Waals surface area contributed by atoms with Crippen molar-refractivity contribution < 1.29 is 9.59 Å². The molecule has 1 aliphatic heterocycles. The predicted octanol–water partition coefficient (Wildman–Crippen LogP) is 3.73. The van der Waals surface area contributed by atoms with Crippen LogP contribution >= 0.6 is 11.3 Å². The fourth-order valence-electron chi connectivity index (χ4n) is 2.99. The number of carbonyl (C=O) groups is 2. The molecule has 3 rings (SSSR count). The Balaban J connectivity index is 1.59. The van der Waals surface area contributed by atoms with E-state index in [1.165, 1.54) is 11.8 Å². The van der Waals surface area contributed by atoms with E-state index in [0.29, 0.717) is 18.2 Å². The van der Waals surface area contributed by atoms with Crippen LogP contribution in [0.2, 0.25) is 0 Å². The summed E-state index contributed by atoms with van der Waals surface area (Å²) in [4.78, 5) is 27.1. The van der Waals surface area contributed by atoms with Gasteiger partial charge in [0, 0.05) is 22.2 Å². The summed E-state index contributed by atoms with van der Waals surface area (Å²) in [5, 5.41) is 5.00. The lowest BCUT2D eigenvalue weighted by Gasteiger charge is -2.22. The van der Waals surface area contributed by atoms with Crippen molar-refractivity contribution in [3.63, 3.8) is 0 Å². The van der Waals surface area contributed by atoms with Crippen LogP contribution in [0.4, 0.5) is 5.69 Å². The molecule has 5 heteroatoms. The first kappa shape index (κ1) is 15.9. The van der Waals surface area contributed by atoms with Crippen LogP contribution in [0.25, 0.3) is 0 Å². The van der Waals surface area contributed by atoms with Crippen LogP contribution < -0.4 is 5.32 Å². The molecule has 1 fully saturated rings. The maximum Gasteiger partial charge on any atom is 0.238 e. The van der Waals surface area contributed by atoms with E-state index in [4.69, 9.17) is 0 Å². The first-order valence-electron chi connectivity index (χ1n) is 7.82. The highest BCUT2D eigenvalue weighted by atomic mass is 32.1. The Kier molecular flexibility index (Phi) is 4.88. The lowest BCUT2D eigenvalue weighted by Crippen LogP contribution is -2.32. The number of anilines is 1. The number of nitrogens with one attached hydrogen (secondary N) is 1. The van der Waals surface area contributed by atoms with Crippen molar-refractivity contribution in [3.05, 3.63) is 52.2 Å². The number of hydrogen-bond acceptors (Lipinski definition) is 4. The van der Waals surface area contributed by atoms with Gasteiger partial charge in [-0.1, -0.05) is 6.07 Å². The summed E-state index contributed by atoms with van der Waals surface area (Å²) in [5.74, 6) is 0.0164. The number of benzene rings is 1. The van der Waals surface area contributed by atoms with Crippen LogP contribution in [0.3, 0.4) is 0 Å². The zero-order chi connectivity index (χ0) is 16.2. The predicted molar refractivity (Wildman–Crippen MR) is 92.9 cm³/mol. The van der Waals surface area contributed by atoms with E-state index >= 15 is 0 Å². The average molecular weight is 328 g/mol. The van der Waals surface area contributed by atoms with Gasteiger partial charge in [-0.05, 0) is 62.0 Å². The Morgan fingerprint density at radius 2 is 2.04 bits per heavy atom. The highest BCUT2D eigenvalue weighted by Gasteiger charge is 2.28. The SMILES string of the molecule is CC(=O)c1ccc(NC(=O)CN2CCC[C@@H]2c2cccs2)cc1. The summed E-state index contributed by atoms with van der Waals surface area (Å²) in [6.07, 6.45) is 2.24. The third kappa shape index (κ3) is 3.86. The highest BCUT2D eigenvalue weighted by Crippen LogP contribution is 2.34. The van der Waals surface area contributed by atoms with E-state index in [9.17, 15) is 9.59 Å². The topological polar surface area (TPSA) is 49.4 Å². The van der Waals surface area contributed by atoms with E-state index in [1.807, 2.05) is 0 Å². The van der Waals surface area contributed by atoms with Crippen molar-refractivity contribution in [2.24, 2.45) is 0 Å². The second kappa shape index (κ2) is 7.06. The van der Waals surface area contributed by atoms with Gasteiger partial charge < -0.3 is 5.32 Å². The molecule has 2 heterocycles. The Bertz CT molecular complexity index is 680. The molecule has 1 amide bonds.